The first kappa shape index (κ1) is 22.7. The average molecular weight is 442 g/mol. The Balaban J connectivity index is 0.00000256. The van der Waals surface area contributed by atoms with E-state index in [1.165, 1.54) is 24.3 Å². The van der Waals surface area contributed by atoms with E-state index in [0.717, 1.165) is 11.1 Å². The zero-order valence-corrected chi connectivity index (χ0v) is 17.2. The van der Waals surface area contributed by atoms with Crippen molar-refractivity contribution in [2.45, 2.75) is 50.1 Å². The molecule has 0 saturated carbocycles. The molecule has 4 atom stereocenters. The number of rotatable bonds is 6. The molecule has 0 aliphatic carbocycles. The van der Waals surface area contributed by atoms with Gasteiger partial charge in [-0.15, -0.1) is 12.4 Å². The number of aryl methyl sites for hydroxylation is 2. The van der Waals surface area contributed by atoms with Crippen LogP contribution in [0.5, 0.6) is 11.5 Å². The maximum absolute atomic E-state index is 13.3. The Morgan fingerprint density at radius 3 is 1.70 bits per heavy atom. The van der Waals surface area contributed by atoms with Crippen LogP contribution in [-0.4, -0.2) is 47.7 Å². The summed E-state index contributed by atoms with van der Waals surface area (Å²) < 4.78 is 38.2. The van der Waals surface area contributed by atoms with Gasteiger partial charge in [-0.05, 0) is 73.2 Å². The van der Waals surface area contributed by atoms with E-state index in [4.69, 9.17) is 9.47 Å². The van der Waals surface area contributed by atoms with Crippen LogP contribution in [0.25, 0.3) is 0 Å². The molecule has 0 bridgehead atoms. The van der Waals surface area contributed by atoms with E-state index in [9.17, 15) is 19.0 Å². The van der Waals surface area contributed by atoms with Gasteiger partial charge < -0.3 is 25.0 Å². The summed E-state index contributed by atoms with van der Waals surface area (Å²) in [5.41, 5.74) is 1.62. The Morgan fingerprint density at radius 1 is 0.833 bits per heavy atom. The lowest BCUT2D eigenvalue weighted by Crippen LogP contribution is -2.46. The minimum atomic E-state index is -0.753. The Kier molecular flexibility index (Phi) is 7.52. The van der Waals surface area contributed by atoms with Crippen LogP contribution in [0.2, 0.25) is 0 Å². The fraction of sp³-hybridized carbons (Fsp3) is 0.455. The van der Waals surface area contributed by atoms with Gasteiger partial charge in [0.25, 0.3) is 0 Å². The minimum Gasteiger partial charge on any atom is -0.487 e. The third-order valence-corrected chi connectivity index (χ3v) is 5.56. The van der Waals surface area contributed by atoms with Crippen molar-refractivity contribution in [1.29, 1.82) is 0 Å². The van der Waals surface area contributed by atoms with Crippen LogP contribution in [0, 0.1) is 11.6 Å². The number of hydrogen-bond acceptors (Lipinski definition) is 5. The van der Waals surface area contributed by atoms with Gasteiger partial charge in [0, 0.05) is 13.1 Å². The summed E-state index contributed by atoms with van der Waals surface area (Å²) in [5.74, 6) is 0.624. The minimum absolute atomic E-state index is 0. The van der Waals surface area contributed by atoms with Gasteiger partial charge in [0.1, 0.15) is 47.5 Å². The maximum Gasteiger partial charge on any atom is 0.126 e. The molecular formula is C22H26ClF2NO4. The number of ether oxygens (including phenoxy) is 2. The monoisotopic (exact) mass is 441 g/mol. The van der Waals surface area contributed by atoms with E-state index in [1.54, 1.807) is 12.1 Å². The van der Waals surface area contributed by atoms with Crippen LogP contribution >= 0.6 is 12.4 Å². The second kappa shape index (κ2) is 9.92. The van der Waals surface area contributed by atoms with Crippen molar-refractivity contribution >= 4 is 12.4 Å². The molecule has 0 radical (unpaired) electrons. The molecule has 0 aromatic heterocycles. The van der Waals surface area contributed by atoms with E-state index < -0.39 is 12.2 Å². The fourth-order valence-electron chi connectivity index (χ4n) is 3.94. The van der Waals surface area contributed by atoms with Crippen molar-refractivity contribution in [3.05, 3.63) is 59.2 Å². The number of halogens is 3. The highest BCUT2D eigenvalue weighted by molar-refractivity contribution is 5.85. The molecule has 2 aromatic carbocycles. The van der Waals surface area contributed by atoms with Crippen LogP contribution in [0.4, 0.5) is 8.78 Å². The Morgan fingerprint density at radius 2 is 1.27 bits per heavy atom. The van der Waals surface area contributed by atoms with Crippen molar-refractivity contribution in [2.75, 3.05) is 13.1 Å². The molecule has 2 aliphatic rings. The predicted molar refractivity (Wildman–Crippen MR) is 110 cm³/mol. The summed E-state index contributed by atoms with van der Waals surface area (Å²) >= 11 is 0. The number of aliphatic hydroxyl groups is 2. The summed E-state index contributed by atoms with van der Waals surface area (Å²) in [4.78, 5) is 0. The number of hydrogen-bond donors (Lipinski definition) is 3. The first-order chi connectivity index (χ1) is 14.0. The highest BCUT2D eigenvalue weighted by Gasteiger charge is 2.29. The average Bonchev–Trinajstić information content (AvgIpc) is 2.72. The first-order valence-corrected chi connectivity index (χ1v) is 9.96. The van der Waals surface area contributed by atoms with Crippen LogP contribution < -0.4 is 14.8 Å². The fourth-order valence-corrected chi connectivity index (χ4v) is 3.94. The van der Waals surface area contributed by atoms with E-state index in [1.807, 2.05) is 0 Å². The van der Waals surface area contributed by atoms with E-state index >= 15 is 0 Å². The SMILES string of the molecule is Cl.O[C@@H](CNC[C@H](O)[C@@H]1CCc2cc(F)ccc2O1)[C@@H]1CCc2cc(F)ccc2O1. The molecule has 0 saturated heterocycles. The molecule has 0 spiro atoms. The van der Waals surface area contributed by atoms with Gasteiger partial charge in [-0.1, -0.05) is 0 Å². The molecule has 2 aliphatic heterocycles. The molecular weight excluding hydrogens is 416 g/mol. The lowest BCUT2D eigenvalue weighted by Gasteiger charge is -2.31. The molecule has 0 fully saturated rings. The van der Waals surface area contributed by atoms with Gasteiger partial charge in [-0.2, -0.15) is 0 Å². The normalized spacial score (nSPS) is 21.9. The van der Waals surface area contributed by atoms with Crippen molar-refractivity contribution in [3.8, 4) is 11.5 Å². The second-order valence-corrected chi connectivity index (χ2v) is 7.69. The molecule has 8 heteroatoms. The zero-order chi connectivity index (χ0) is 20.4. The molecule has 5 nitrogen and oxygen atoms in total. The maximum atomic E-state index is 13.3. The smallest absolute Gasteiger partial charge is 0.126 e. The molecule has 3 N–H and O–H groups in total. The van der Waals surface area contributed by atoms with Gasteiger partial charge in [0.05, 0.1) is 0 Å². The standard InChI is InChI=1S/C22H25F2NO4.ClH/c23-15-3-7-19-13(9-15)1-5-21(28-19)17(26)11-25-12-18(27)22-6-2-14-10-16(24)4-8-20(14)29-22;/h3-4,7-10,17-18,21-22,25-27H,1-2,5-6,11-12H2;1H/t17-,18-,21-,22-;/m0./s1. The number of aliphatic hydroxyl groups excluding tert-OH is 2. The third kappa shape index (κ3) is 5.21. The van der Waals surface area contributed by atoms with Crippen LogP contribution in [0.15, 0.2) is 36.4 Å². The first-order valence-electron chi connectivity index (χ1n) is 9.96. The topological polar surface area (TPSA) is 71.0 Å². The van der Waals surface area contributed by atoms with Gasteiger partial charge in [0.15, 0.2) is 0 Å². The molecule has 2 aromatic rings. The second-order valence-electron chi connectivity index (χ2n) is 7.69. The predicted octanol–water partition coefficient (Wildman–Crippen LogP) is 2.79. The highest BCUT2D eigenvalue weighted by Crippen LogP contribution is 2.30. The molecule has 2 heterocycles. The highest BCUT2D eigenvalue weighted by atomic mass is 35.5. The van der Waals surface area contributed by atoms with E-state index in [2.05, 4.69) is 5.32 Å². The van der Waals surface area contributed by atoms with Crippen molar-refractivity contribution in [1.82, 2.24) is 5.32 Å². The molecule has 164 valence electrons. The summed E-state index contributed by atoms with van der Waals surface area (Å²) in [6.07, 6.45) is 0.214. The molecule has 4 rings (SSSR count). The Bertz CT molecular complexity index is 800. The number of nitrogens with one attached hydrogen (secondary N) is 1. The lowest BCUT2D eigenvalue weighted by atomic mass is 9.98. The summed E-state index contributed by atoms with van der Waals surface area (Å²) in [7, 11) is 0. The summed E-state index contributed by atoms with van der Waals surface area (Å²) in [6.45, 7) is 0.513. The number of fused-ring (bicyclic) bond motifs is 2. The quantitative estimate of drug-likeness (QED) is 0.643. The Hall–Kier alpha value is -1.93. The number of benzene rings is 2. The Labute approximate surface area is 180 Å². The summed E-state index contributed by atoms with van der Waals surface area (Å²) in [6, 6.07) is 8.79. The molecule has 0 unspecified atom stereocenters. The van der Waals surface area contributed by atoms with Gasteiger partial charge in [0.2, 0.25) is 0 Å². The lowest BCUT2D eigenvalue weighted by molar-refractivity contribution is 0.00892. The largest absolute Gasteiger partial charge is 0.487 e. The zero-order valence-electron chi connectivity index (χ0n) is 16.4. The van der Waals surface area contributed by atoms with E-state index in [0.29, 0.717) is 37.2 Å². The van der Waals surface area contributed by atoms with Gasteiger partial charge in [-0.3, -0.25) is 0 Å². The van der Waals surface area contributed by atoms with Crippen LogP contribution in [-0.2, 0) is 12.8 Å². The molecule has 0 amide bonds. The van der Waals surface area contributed by atoms with Crippen molar-refractivity contribution in [3.63, 3.8) is 0 Å². The van der Waals surface area contributed by atoms with Crippen molar-refractivity contribution in [2.24, 2.45) is 0 Å². The summed E-state index contributed by atoms with van der Waals surface area (Å²) in [5, 5.41) is 23.9. The van der Waals surface area contributed by atoms with Crippen LogP contribution in [0.3, 0.4) is 0 Å². The van der Waals surface area contributed by atoms with Crippen molar-refractivity contribution < 1.29 is 28.5 Å². The third-order valence-electron chi connectivity index (χ3n) is 5.56. The van der Waals surface area contributed by atoms with Gasteiger partial charge in [-0.25, -0.2) is 8.78 Å². The van der Waals surface area contributed by atoms with Gasteiger partial charge >= 0.3 is 0 Å². The molecule has 30 heavy (non-hydrogen) atoms. The van der Waals surface area contributed by atoms with Crippen LogP contribution in [0.1, 0.15) is 24.0 Å². The van der Waals surface area contributed by atoms with E-state index in [-0.39, 0.29) is 49.3 Å².